The zero-order valence-corrected chi connectivity index (χ0v) is 13.5. The second kappa shape index (κ2) is 7.07. The molecule has 0 saturated heterocycles. The third-order valence-corrected chi connectivity index (χ3v) is 5.43. The lowest BCUT2D eigenvalue weighted by atomic mass is 10.0. The van der Waals surface area contributed by atoms with Crippen LogP contribution in [0.2, 0.25) is 0 Å². The van der Waals surface area contributed by atoms with Crippen LogP contribution in [0.5, 0.6) is 5.75 Å². The topological polar surface area (TPSA) is 37.3 Å². The molecular weight excluding hydrogens is 300 g/mol. The molecule has 0 saturated carbocycles. The summed E-state index contributed by atoms with van der Waals surface area (Å²) in [6, 6.07) is 25.9. The number of carbonyl (C=O) groups excluding carboxylic acids is 1. The van der Waals surface area contributed by atoms with Crippen molar-refractivity contribution >= 4 is 21.0 Å². The third-order valence-electron chi connectivity index (χ3n) is 3.76. The van der Waals surface area contributed by atoms with Crippen LogP contribution in [0.25, 0.3) is 0 Å². The largest absolute Gasteiger partial charge is 0.507 e. The number of carbonyl (C=O) groups is 1. The molecule has 2 nitrogen and oxygen atoms in total. The summed E-state index contributed by atoms with van der Waals surface area (Å²) < 4.78 is 0. The first-order valence-electron chi connectivity index (χ1n) is 7.43. The zero-order valence-electron chi connectivity index (χ0n) is 12.5. The van der Waals surface area contributed by atoms with Crippen LogP contribution in [0.3, 0.4) is 0 Å². The number of aldehydes is 1. The van der Waals surface area contributed by atoms with Gasteiger partial charge in [-0.05, 0) is 22.4 Å². The summed E-state index contributed by atoms with van der Waals surface area (Å²) >= 11 is 0. The molecule has 0 atom stereocenters. The summed E-state index contributed by atoms with van der Waals surface area (Å²) in [5.74, 6) is 0.0951. The fraction of sp³-hybridized carbons (Fsp3) is 0.0500. The SMILES string of the molecule is O=Cc1cccc([Si]C(c2ccccc2)c2ccccc2)c1O. The Bertz CT molecular complexity index is 746. The number of para-hydroxylation sites is 1. The van der Waals surface area contributed by atoms with Crippen molar-refractivity contribution in [2.45, 2.75) is 5.54 Å². The summed E-state index contributed by atoms with van der Waals surface area (Å²) in [4.78, 5) is 11.0. The Hall–Kier alpha value is -2.65. The lowest BCUT2D eigenvalue weighted by molar-refractivity contribution is 0.112. The van der Waals surface area contributed by atoms with E-state index in [1.54, 1.807) is 6.07 Å². The molecule has 0 amide bonds. The van der Waals surface area contributed by atoms with Crippen molar-refractivity contribution in [1.82, 2.24) is 0 Å². The molecule has 3 aromatic carbocycles. The van der Waals surface area contributed by atoms with E-state index >= 15 is 0 Å². The van der Waals surface area contributed by atoms with E-state index in [9.17, 15) is 9.90 Å². The fourth-order valence-electron chi connectivity index (χ4n) is 2.58. The van der Waals surface area contributed by atoms with Crippen LogP contribution in [-0.2, 0) is 0 Å². The zero-order chi connectivity index (χ0) is 16.1. The van der Waals surface area contributed by atoms with Gasteiger partial charge in [-0.2, -0.15) is 0 Å². The number of hydrogen-bond donors (Lipinski definition) is 1. The lowest BCUT2D eigenvalue weighted by Gasteiger charge is -2.18. The first-order chi connectivity index (χ1) is 11.3. The number of benzene rings is 3. The Morgan fingerprint density at radius 3 is 1.87 bits per heavy atom. The Balaban J connectivity index is 2.02. The Labute approximate surface area is 138 Å². The van der Waals surface area contributed by atoms with E-state index in [4.69, 9.17) is 0 Å². The minimum Gasteiger partial charge on any atom is -0.507 e. The summed E-state index contributed by atoms with van der Waals surface area (Å²) in [7, 11) is 0.340. The summed E-state index contributed by atoms with van der Waals surface area (Å²) in [6.07, 6.45) is 0.698. The van der Waals surface area contributed by atoms with Gasteiger partial charge in [0.1, 0.15) is 5.75 Å². The minimum absolute atomic E-state index is 0.0951. The fourth-order valence-corrected chi connectivity index (χ4v) is 4.08. The first-order valence-corrected chi connectivity index (χ1v) is 8.51. The number of phenolic OH excluding ortho intramolecular Hbond substituents is 1. The molecule has 0 bridgehead atoms. The van der Waals surface area contributed by atoms with Crippen LogP contribution in [0.15, 0.2) is 78.9 Å². The van der Waals surface area contributed by atoms with Crippen molar-refractivity contribution in [3.63, 3.8) is 0 Å². The van der Waals surface area contributed by atoms with Crippen LogP contribution < -0.4 is 5.19 Å². The number of aromatic hydroxyl groups is 1. The maximum absolute atomic E-state index is 11.0. The predicted molar refractivity (Wildman–Crippen MR) is 93.6 cm³/mol. The van der Waals surface area contributed by atoms with Crippen molar-refractivity contribution in [2.24, 2.45) is 0 Å². The van der Waals surface area contributed by atoms with Crippen LogP contribution >= 0.6 is 0 Å². The molecule has 0 fully saturated rings. The van der Waals surface area contributed by atoms with Crippen LogP contribution in [0.4, 0.5) is 0 Å². The molecular formula is C20H16O2Si. The van der Waals surface area contributed by atoms with Gasteiger partial charge in [0.2, 0.25) is 0 Å². The average molecular weight is 316 g/mol. The predicted octanol–water partition coefficient (Wildman–Crippen LogP) is 3.32. The van der Waals surface area contributed by atoms with E-state index in [1.165, 1.54) is 11.1 Å². The molecule has 3 heteroatoms. The van der Waals surface area contributed by atoms with E-state index in [0.717, 1.165) is 5.19 Å². The van der Waals surface area contributed by atoms with Gasteiger partial charge in [-0.3, -0.25) is 4.79 Å². The molecule has 0 aromatic heterocycles. The summed E-state index contributed by atoms with van der Waals surface area (Å²) in [5.41, 5.74) is 2.90. The average Bonchev–Trinajstić information content (AvgIpc) is 2.62. The number of phenols is 1. The van der Waals surface area contributed by atoms with E-state index < -0.39 is 0 Å². The maximum atomic E-state index is 11.0. The molecule has 0 aliphatic heterocycles. The lowest BCUT2D eigenvalue weighted by Crippen LogP contribution is -2.24. The van der Waals surface area contributed by atoms with Crippen LogP contribution in [-0.4, -0.2) is 20.9 Å². The second-order valence-corrected chi connectivity index (χ2v) is 6.66. The molecule has 0 heterocycles. The van der Waals surface area contributed by atoms with E-state index in [0.29, 0.717) is 21.4 Å². The van der Waals surface area contributed by atoms with E-state index in [-0.39, 0.29) is 11.3 Å². The normalized spacial score (nSPS) is 10.7. The summed E-state index contributed by atoms with van der Waals surface area (Å²) in [6.45, 7) is 0. The first kappa shape index (κ1) is 15.3. The Morgan fingerprint density at radius 1 is 0.783 bits per heavy atom. The van der Waals surface area contributed by atoms with Crippen molar-refractivity contribution < 1.29 is 9.90 Å². The van der Waals surface area contributed by atoms with Crippen molar-refractivity contribution in [1.29, 1.82) is 0 Å². The van der Waals surface area contributed by atoms with Gasteiger partial charge in [-0.1, -0.05) is 72.8 Å². The molecule has 112 valence electrons. The molecule has 0 spiro atoms. The number of rotatable bonds is 5. The van der Waals surface area contributed by atoms with Gasteiger partial charge in [-0.15, -0.1) is 0 Å². The minimum atomic E-state index is 0.0951. The molecule has 2 radical (unpaired) electrons. The Morgan fingerprint density at radius 2 is 1.35 bits per heavy atom. The molecule has 0 aliphatic carbocycles. The van der Waals surface area contributed by atoms with Crippen molar-refractivity contribution in [3.8, 4) is 5.75 Å². The van der Waals surface area contributed by atoms with Crippen molar-refractivity contribution in [3.05, 3.63) is 95.6 Å². The standard InChI is InChI=1S/C20H16O2Si/c21-14-17-12-7-13-18(19(17)22)23-20(15-8-3-1-4-9-15)16-10-5-2-6-11-16/h1-14,20,22H. The molecule has 0 unspecified atom stereocenters. The number of hydrogen-bond acceptors (Lipinski definition) is 2. The van der Waals surface area contributed by atoms with E-state index in [1.807, 2.05) is 48.5 Å². The Kier molecular flexibility index (Phi) is 4.69. The van der Waals surface area contributed by atoms with Crippen LogP contribution in [0, 0.1) is 0 Å². The van der Waals surface area contributed by atoms with Gasteiger partial charge in [0.25, 0.3) is 0 Å². The quantitative estimate of drug-likeness (QED) is 0.579. The van der Waals surface area contributed by atoms with Gasteiger partial charge in [0.15, 0.2) is 6.29 Å². The second-order valence-electron chi connectivity index (χ2n) is 5.26. The molecule has 3 aromatic rings. The van der Waals surface area contributed by atoms with E-state index in [2.05, 4.69) is 24.3 Å². The van der Waals surface area contributed by atoms with Gasteiger partial charge in [-0.25, -0.2) is 0 Å². The highest BCUT2D eigenvalue weighted by Gasteiger charge is 2.18. The van der Waals surface area contributed by atoms with Gasteiger partial charge in [0.05, 0.1) is 15.1 Å². The smallest absolute Gasteiger partial charge is 0.153 e. The van der Waals surface area contributed by atoms with Gasteiger partial charge in [0, 0.05) is 5.54 Å². The molecule has 0 aliphatic rings. The molecule has 3 rings (SSSR count). The highest BCUT2D eigenvalue weighted by molar-refractivity contribution is 6.57. The third kappa shape index (κ3) is 3.41. The van der Waals surface area contributed by atoms with Gasteiger partial charge >= 0.3 is 0 Å². The highest BCUT2D eigenvalue weighted by Crippen LogP contribution is 2.24. The van der Waals surface area contributed by atoms with Crippen molar-refractivity contribution in [2.75, 3.05) is 0 Å². The molecule has 1 N–H and O–H groups in total. The monoisotopic (exact) mass is 316 g/mol. The highest BCUT2D eigenvalue weighted by atomic mass is 28.2. The maximum Gasteiger partial charge on any atom is 0.153 e. The summed E-state index contributed by atoms with van der Waals surface area (Å²) in [5, 5.41) is 11.1. The van der Waals surface area contributed by atoms with Gasteiger partial charge < -0.3 is 5.11 Å². The molecule has 23 heavy (non-hydrogen) atoms. The van der Waals surface area contributed by atoms with Crippen LogP contribution in [0.1, 0.15) is 27.0 Å².